The molecule has 0 aromatic carbocycles. The lowest BCUT2D eigenvalue weighted by Crippen LogP contribution is -2.16. The molecule has 2 N–H and O–H groups in total. The lowest BCUT2D eigenvalue weighted by molar-refractivity contribution is 0.103. The summed E-state index contributed by atoms with van der Waals surface area (Å²) in [4.78, 5) is 0. The van der Waals surface area contributed by atoms with Crippen LogP contribution in [0.1, 0.15) is 13.8 Å². The second-order valence-corrected chi connectivity index (χ2v) is 4.14. The maximum absolute atomic E-state index is 9.12. The first-order valence-electron chi connectivity index (χ1n) is 4.16. The average Bonchev–Trinajstić information content (AvgIpc) is 2.03. The highest BCUT2D eigenvalue weighted by Gasteiger charge is 2.07. The highest BCUT2D eigenvalue weighted by atomic mass is 32.2. The van der Waals surface area contributed by atoms with Crippen LogP contribution in [0.25, 0.3) is 0 Å². The summed E-state index contributed by atoms with van der Waals surface area (Å²) in [6, 6.07) is 0. The Hall–Kier alpha value is 0.230. The highest BCUT2D eigenvalue weighted by Crippen LogP contribution is 2.13. The zero-order valence-electron chi connectivity index (χ0n) is 7.69. The minimum absolute atomic E-state index is 0.0800. The first-order valence-corrected chi connectivity index (χ1v) is 5.21. The van der Waals surface area contributed by atoms with Crippen molar-refractivity contribution in [3.8, 4) is 0 Å². The fraction of sp³-hybridized carbons (Fsp3) is 1.00. The molecular formula is C8H18O3S. The van der Waals surface area contributed by atoms with E-state index in [0.717, 1.165) is 5.75 Å². The Morgan fingerprint density at radius 3 is 2.50 bits per heavy atom. The zero-order valence-corrected chi connectivity index (χ0v) is 8.51. The molecule has 0 aromatic rings. The predicted molar refractivity (Wildman–Crippen MR) is 51.5 cm³/mol. The third-order valence-corrected chi connectivity index (χ3v) is 2.85. The topological polar surface area (TPSA) is 49.7 Å². The molecule has 4 heteroatoms. The Kier molecular flexibility index (Phi) is 8.01. The number of hydrogen-bond acceptors (Lipinski definition) is 4. The summed E-state index contributed by atoms with van der Waals surface area (Å²) in [6.45, 7) is 4.90. The Bertz CT molecular complexity index is 98.3. The molecule has 0 saturated heterocycles. The second-order valence-electron chi connectivity index (χ2n) is 2.65. The van der Waals surface area contributed by atoms with Gasteiger partial charge in [-0.2, -0.15) is 11.8 Å². The Morgan fingerprint density at radius 1 is 1.33 bits per heavy atom. The summed E-state index contributed by atoms with van der Waals surface area (Å²) in [5.74, 6) is 0.867. The Balaban J connectivity index is 3.08. The van der Waals surface area contributed by atoms with Gasteiger partial charge in [0.2, 0.25) is 0 Å². The summed E-state index contributed by atoms with van der Waals surface area (Å²) in [6.07, 6.45) is -0.271. The van der Waals surface area contributed by atoms with Gasteiger partial charge in [0.05, 0.1) is 25.9 Å². The van der Waals surface area contributed by atoms with Crippen molar-refractivity contribution in [3.63, 3.8) is 0 Å². The quantitative estimate of drug-likeness (QED) is 0.579. The van der Waals surface area contributed by atoms with Gasteiger partial charge in [-0.05, 0) is 6.92 Å². The van der Waals surface area contributed by atoms with Gasteiger partial charge < -0.3 is 14.9 Å². The maximum Gasteiger partial charge on any atom is 0.0698 e. The molecule has 12 heavy (non-hydrogen) atoms. The van der Waals surface area contributed by atoms with E-state index in [1.165, 1.54) is 0 Å². The lowest BCUT2D eigenvalue weighted by atomic mass is 10.3. The molecule has 0 heterocycles. The van der Waals surface area contributed by atoms with Crippen LogP contribution in [-0.2, 0) is 4.74 Å². The predicted octanol–water partition coefficient (Wildman–Crippen LogP) is 0.498. The summed E-state index contributed by atoms with van der Waals surface area (Å²) >= 11 is 1.68. The minimum Gasteiger partial charge on any atom is -0.394 e. The largest absolute Gasteiger partial charge is 0.394 e. The third-order valence-electron chi connectivity index (χ3n) is 1.52. The van der Waals surface area contributed by atoms with E-state index >= 15 is 0 Å². The van der Waals surface area contributed by atoms with Crippen LogP contribution in [0, 0.1) is 0 Å². The van der Waals surface area contributed by atoms with Crippen LogP contribution in [-0.4, -0.2) is 47.1 Å². The molecule has 0 spiro atoms. The van der Waals surface area contributed by atoms with Crippen molar-refractivity contribution in [3.05, 3.63) is 0 Å². The van der Waals surface area contributed by atoms with Crippen molar-refractivity contribution in [1.82, 2.24) is 0 Å². The molecule has 74 valence electrons. The van der Waals surface area contributed by atoms with Crippen molar-refractivity contribution in [1.29, 1.82) is 0 Å². The summed E-state index contributed by atoms with van der Waals surface area (Å²) in [5.41, 5.74) is 0. The average molecular weight is 194 g/mol. The van der Waals surface area contributed by atoms with Crippen LogP contribution in [0.15, 0.2) is 0 Å². The van der Waals surface area contributed by atoms with Crippen molar-refractivity contribution < 1.29 is 14.9 Å². The van der Waals surface area contributed by atoms with E-state index in [-0.39, 0.29) is 18.0 Å². The number of ether oxygens (including phenoxy) is 1. The first-order chi connectivity index (χ1) is 5.68. The van der Waals surface area contributed by atoms with E-state index in [1.54, 1.807) is 18.7 Å². The van der Waals surface area contributed by atoms with E-state index in [2.05, 4.69) is 0 Å². The van der Waals surface area contributed by atoms with E-state index in [1.807, 2.05) is 6.92 Å². The number of hydrogen-bond donors (Lipinski definition) is 2. The molecule has 0 fully saturated rings. The van der Waals surface area contributed by atoms with Gasteiger partial charge in [0.1, 0.15) is 0 Å². The van der Waals surface area contributed by atoms with Gasteiger partial charge in [0, 0.05) is 11.0 Å². The van der Waals surface area contributed by atoms with Crippen LogP contribution in [0.5, 0.6) is 0 Å². The fourth-order valence-electron chi connectivity index (χ4n) is 0.599. The molecule has 0 aliphatic rings. The van der Waals surface area contributed by atoms with Crippen molar-refractivity contribution in [2.24, 2.45) is 0 Å². The maximum atomic E-state index is 9.12. The van der Waals surface area contributed by atoms with Crippen LogP contribution in [0.3, 0.4) is 0 Å². The molecule has 0 aromatic heterocycles. The third kappa shape index (κ3) is 6.91. The first kappa shape index (κ1) is 12.2. The van der Waals surface area contributed by atoms with Gasteiger partial charge in [0.25, 0.3) is 0 Å². The van der Waals surface area contributed by atoms with Crippen LogP contribution in [0.2, 0.25) is 0 Å². The van der Waals surface area contributed by atoms with E-state index in [9.17, 15) is 0 Å². The molecule has 0 radical (unpaired) electrons. The van der Waals surface area contributed by atoms with Gasteiger partial charge >= 0.3 is 0 Å². The summed E-state index contributed by atoms with van der Waals surface area (Å²) in [7, 11) is 0. The number of aliphatic hydroxyl groups excluding tert-OH is 2. The van der Waals surface area contributed by atoms with Crippen molar-refractivity contribution >= 4 is 11.8 Å². The monoisotopic (exact) mass is 194 g/mol. The van der Waals surface area contributed by atoms with Crippen molar-refractivity contribution in [2.45, 2.75) is 25.2 Å². The zero-order chi connectivity index (χ0) is 9.40. The van der Waals surface area contributed by atoms with E-state index in [4.69, 9.17) is 14.9 Å². The lowest BCUT2D eigenvalue weighted by Gasteiger charge is -2.13. The summed E-state index contributed by atoms with van der Waals surface area (Å²) < 4.78 is 5.06. The molecular weight excluding hydrogens is 176 g/mol. The van der Waals surface area contributed by atoms with E-state index in [0.29, 0.717) is 13.2 Å². The number of rotatable bonds is 7. The van der Waals surface area contributed by atoms with Crippen LogP contribution >= 0.6 is 11.8 Å². The molecule has 3 nitrogen and oxygen atoms in total. The number of thioether (sulfide) groups is 1. The van der Waals surface area contributed by atoms with E-state index < -0.39 is 0 Å². The molecule has 0 rings (SSSR count). The normalized spacial score (nSPS) is 16.0. The van der Waals surface area contributed by atoms with Gasteiger partial charge in [0.15, 0.2) is 0 Å². The summed E-state index contributed by atoms with van der Waals surface area (Å²) in [5, 5.41) is 17.8. The molecule has 0 amide bonds. The Labute approximate surface area is 78.1 Å². The standard InChI is InChI=1S/C8H18O3S/c1-7(10)8(2)12-6-5-11-4-3-9/h7-10H,3-6H2,1-2H3. The number of aliphatic hydroxyl groups is 2. The second kappa shape index (κ2) is 7.86. The highest BCUT2D eigenvalue weighted by molar-refractivity contribution is 7.99. The van der Waals surface area contributed by atoms with Crippen LogP contribution < -0.4 is 0 Å². The molecule has 2 atom stereocenters. The molecule has 0 aliphatic carbocycles. The smallest absolute Gasteiger partial charge is 0.0698 e. The van der Waals surface area contributed by atoms with Gasteiger partial charge in [-0.15, -0.1) is 0 Å². The van der Waals surface area contributed by atoms with Gasteiger partial charge in [-0.25, -0.2) is 0 Å². The molecule has 0 bridgehead atoms. The van der Waals surface area contributed by atoms with Gasteiger partial charge in [-0.1, -0.05) is 6.92 Å². The van der Waals surface area contributed by atoms with Crippen LogP contribution in [0.4, 0.5) is 0 Å². The SMILES string of the molecule is CC(O)C(C)SCCOCCO. The molecule has 2 unspecified atom stereocenters. The van der Waals surface area contributed by atoms with Gasteiger partial charge in [-0.3, -0.25) is 0 Å². The molecule has 0 saturated carbocycles. The van der Waals surface area contributed by atoms with Crippen molar-refractivity contribution in [2.75, 3.05) is 25.6 Å². The Morgan fingerprint density at radius 2 is 2.00 bits per heavy atom. The fourth-order valence-corrected chi connectivity index (χ4v) is 1.46. The minimum atomic E-state index is -0.271. The molecule has 0 aliphatic heterocycles.